The molecule has 0 saturated carbocycles. The maximum Gasteiger partial charge on any atom is 0.262 e. The molecular weight excluding hydrogens is 290 g/mol. The highest BCUT2D eigenvalue weighted by Gasteiger charge is 2.18. The molecule has 0 fully saturated rings. The Bertz CT molecular complexity index is 995. The van der Waals surface area contributed by atoms with Crippen molar-refractivity contribution in [2.75, 3.05) is 0 Å². The van der Waals surface area contributed by atoms with Gasteiger partial charge in [-0.05, 0) is 19.1 Å². The number of hydrogen-bond donors (Lipinski definition) is 0. The molecule has 0 bridgehead atoms. The number of aromatic nitrogens is 2. The van der Waals surface area contributed by atoms with Crippen LogP contribution in [0.3, 0.4) is 0 Å². The zero-order chi connectivity index (χ0) is 16.4. The van der Waals surface area contributed by atoms with Crippen molar-refractivity contribution in [2.24, 2.45) is 0 Å². The number of aryl methyl sites for hydroxylation is 1. The summed E-state index contributed by atoms with van der Waals surface area (Å²) in [5.74, 6) is -0.387. The zero-order valence-corrected chi connectivity index (χ0v) is 12.5. The molecule has 112 valence electrons. The summed E-state index contributed by atoms with van der Waals surface area (Å²) >= 11 is 0. The van der Waals surface area contributed by atoms with Crippen LogP contribution in [0.5, 0.6) is 0 Å². The highest BCUT2D eigenvalue weighted by molar-refractivity contribution is 6.07. The Morgan fingerprint density at radius 2 is 1.87 bits per heavy atom. The van der Waals surface area contributed by atoms with Crippen LogP contribution in [0.25, 0.3) is 10.9 Å². The molecule has 3 aromatic rings. The minimum Gasteiger partial charge on any atom is -0.285 e. The van der Waals surface area contributed by atoms with E-state index in [9.17, 15) is 9.59 Å². The first-order valence-corrected chi connectivity index (χ1v) is 7.09. The van der Waals surface area contributed by atoms with Crippen LogP contribution in [0.1, 0.15) is 21.7 Å². The number of carbonyl (C=O) groups excluding carboxylic acids is 1. The predicted molar refractivity (Wildman–Crippen MR) is 86.2 cm³/mol. The number of nitriles is 1. The predicted octanol–water partition coefficient (Wildman–Crippen LogP) is 2.46. The van der Waals surface area contributed by atoms with Gasteiger partial charge in [0.1, 0.15) is 6.54 Å². The lowest BCUT2D eigenvalue weighted by atomic mass is 10.1. The van der Waals surface area contributed by atoms with Gasteiger partial charge >= 0.3 is 0 Å². The third-order valence-electron chi connectivity index (χ3n) is 3.61. The molecule has 0 spiro atoms. The van der Waals surface area contributed by atoms with Crippen molar-refractivity contribution in [1.29, 1.82) is 5.26 Å². The molecule has 0 atom stereocenters. The second kappa shape index (κ2) is 5.85. The molecule has 0 unspecified atom stereocenters. The first-order chi connectivity index (χ1) is 11.1. The fourth-order valence-electron chi connectivity index (χ4n) is 2.39. The molecule has 5 nitrogen and oxygen atoms in total. The first kappa shape index (κ1) is 14.7. The summed E-state index contributed by atoms with van der Waals surface area (Å²) in [5.41, 5.74) is 1.53. The van der Waals surface area contributed by atoms with Crippen LogP contribution in [0.15, 0.2) is 53.3 Å². The summed E-state index contributed by atoms with van der Waals surface area (Å²) in [5, 5.41) is 9.37. The summed E-state index contributed by atoms with van der Waals surface area (Å²) in [6, 6.07) is 15.7. The van der Waals surface area contributed by atoms with Gasteiger partial charge in [0.2, 0.25) is 5.78 Å². The summed E-state index contributed by atoms with van der Waals surface area (Å²) in [4.78, 5) is 29.6. The van der Waals surface area contributed by atoms with E-state index in [2.05, 4.69) is 4.98 Å². The van der Waals surface area contributed by atoms with Crippen LogP contribution in [0, 0.1) is 18.3 Å². The third-order valence-corrected chi connectivity index (χ3v) is 3.61. The molecule has 0 N–H and O–H groups in total. The van der Waals surface area contributed by atoms with Crippen LogP contribution in [0.2, 0.25) is 0 Å². The number of hydrogen-bond acceptors (Lipinski definition) is 4. The number of para-hydroxylation sites is 1. The molecule has 0 aliphatic rings. The lowest BCUT2D eigenvalue weighted by Gasteiger charge is -2.10. The van der Waals surface area contributed by atoms with E-state index in [0.717, 1.165) is 10.1 Å². The average Bonchev–Trinajstić information content (AvgIpc) is 2.57. The molecule has 1 aromatic heterocycles. The van der Waals surface area contributed by atoms with Gasteiger partial charge in [-0.15, -0.1) is 0 Å². The van der Waals surface area contributed by atoms with Crippen LogP contribution >= 0.6 is 0 Å². The van der Waals surface area contributed by atoms with Gasteiger partial charge in [-0.1, -0.05) is 42.0 Å². The zero-order valence-electron chi connectivity index (χ0n) is 12.5. The number of benzene rings is 2. The van der Waals surface area contributed by atoms with E-state index in [4.69, 9.17) is 5.26 Å². The van der Waals surface area contributed by atoms with E-state index >= 15 is 0 Å². The third kappa shape index (κ3) is 2.62. The van der Waals surface area contributed by atoms with Crippen molar-refractivity contribution in [3.63, 3.8) is 0 Å². The van der Waals surface area contributed by atoms with Crippen LogP contribution in [0.4, 0.5) is 0 Å². The van der Waals surface area contributed by atoms with Gasteiger partial charge in [0, 0.05) is 5.56 Å². The number of nitrogens with zero attached hydrogens (tertiary/aromatic N) is 3. The van der Waals surface area contributed by atoms with E-state index in [1.54, 1.807) is 36.4 Å². The summed E-state index contributed by atoms with van der Waals surface area (Å²) in [6.07, 6.45) is 0. The smallest absolute Gasteiger partial charge is 0.262 e. The van der Waals surface area contributed by atoms with E-state index in [-0.39, 0.29) is 23.7 Å². The molecule has 2 aromatic carbocycles. The Morgan fingerprint density at radius 3 is 2.57 bits per heavy atom. The summed E-state index contributed by atoms with van der Waals surface area (Å²) < 4.78 is 1.13. The molecule has 0 radical (unpaired) electrons. The van der Waals surface area contributed by atoms with Crippen LogP contribution in [-0.2, 0) is 6.54 Å². The quantitative estimate of drug-likeness (QED) is 0.696. The molecule has 5 heteroatoms. The van der Waals surface area contributed by atoms with Gasteiger partial charge in [0.15, 0.2) is 5.82 Å². The molecular formula is C18H13N3O2. The molecule has 23 heavy (non-hydrogen) atoms. The van der Waals surface area contributed by atoms with E-state index in [1.165, 1.54) is 0 Å². The van der Waals surface area contributed by atoms with Crippen LogP contribution < -0.4 is 5.56 Å². The monoisotopic (exact) mass is 303 g/mol. The SMILES string of the molecule is Cc1ccc(C(=O)c2nc3ccccc3c(=O)n2CC#N)cc1. The normalized spacial score (nSPS) is 10.4. The fourth-order valence-corrected chi connectivity index (χ4v) is 2.39. The molecule has 3 rings (SSSR count). The Morgan fingerprint density at radius 1 is 1.17 bits per heavy atom. The maximum absolute atomic E-state index is 12.7. The lowest BCUT2D eigenvalue weighted by Crippen LogP contribution is -2.28. The Hall–Kier alpha value is -3.26. The Balaban J connectivity index is 2.25. The highest BCUT2D eigenvalue weighted by atomic mass is 16.1. The average molecular weight is 303 g/mol. The minimum atomic E-state index is -0.382. The number of ketones is 1. The Kier molecular flexibility index (Phi) is 3.73. The van der Waals surface area contributed by atoms with Crippen LogP contribution in [-0.4, -0.2) is 15.3 Å². The van der Waals surface area contributed by atoms with Crippen molar-refractivity contribution in [3.8, 4) is 6.07 Å². The van der Waals surface area contributed by atoms with Crippen molar-refractivity contribution >= 4 is 16.7 Å². The van der Waals surface area contributed by atoms with E-state index in [1.807, 2.05) is 25.1 Å². The van der Waals surface area contributed by atoms with Gasteiger partial charge < -0.3 is 0 Å². The summed E-state index contributed by atoms with van der Waals surface area (Å²) in [7, 11) is 0. The van der Waals surface area contributed by atoms with Gasteiger partial charge in [0.05, 0.1) is 17.0 Å². The highest BCUT2D eigenvalue weighted by Crippen LogP contribution is 2.12. The van der Waals surface area contributed by atoms with E-state index < -0.39 is 0 Å². The summed E-state index contributed by atoms with van der Waals surface area (Å²) in [6.45, 7) is 1.71. The second-order valence-electron chi connectivity index (χ2n) is 5.20. The lowest BCUT2D eigenvalue weighted by molar-refractivity contribution is 0.102. The van der Waals surface area contributed by atoms with E-state index in [0.29, 0.717) is 16.5 Å². The van der Waals surface area contributed by atoms with Gasteiger partial charge in [-0.2, -0.15) is 5.26 Å². The number of fused-ring (bicyclic) bond motifs is 1. The number of rotatable bonds is 3. The van der Waals surface area contributed by atoms with Crippen molar-refractivity contribution in [3.05, 3.63) is 75.8 Å². The first-order valence-electron chi connectivity index (χ1n) is 7.09. The Labute approximate surface area is 132 Å². The molecule has 1 heterocycles. The minimum absolute atomic E-state index is 0.0147. The van der Waals surface area contributed by atoms with Gasteiger partial charge in [-0.25, -0.2) is 4.98 Å². The second-order valence-corrected chi connectivity index (χ2v) is 5.20. The van der Waals surface area contributed by atoms with Gasteiger partial charge in [0.25, 0.3) is 5.56 Å². The van der Waals surface area contributed by atoms with Crippen molar-refractivity contribution < 1.29 is 4.79 Å². The fraction of sp³-hybridized carbons (Fsp3) is 0.111. The maximum atomic E-state index is 12.7. The van der Waals surface area contributed by atoms with Gasteiger partial charge in [-0.3, -0.25) is 14.2 Å². The topological polar surface area (TPSA) is 75.8 Å². The molecule has 0 aliphatic heterocycles. The molecule has 0 saturated heterocycles. The number of carbonyl (C=O) groups is 1. The standard InChI is InChI=1S/C18H13N3O2/c1-12-6-8-13(9-7-12)16(22)17-20-15-5-3-2-4-14(15)18(23)21(17)11-10-19/h2-9H,11H2,1H3. The molecule has 0 amide bonds. The van der Waals surface area contributed by atoms with Crippen molar-refractivity contribution in [2.45, 2.75) is 13.5 Å². The largest absolute Gasteiger partial charge is 0.285 e. The molecule has 0 aliphatic carbocycles. The van der Waals surface area contributed by atoms with Crippen molar-refractivity contribution in [1.82, 2.24) is 9.55 Å².